The van der Waals surface area contributed by atoms with Gasteiger partial charge in [-0.25, -0.2) is 0 Å². The molecule has 1 aromatic carbocycles. The van der Waals surface area contributed by atoms with Crippen LogP contribution in [0.3, 0.4) is 0 Å². The van der Waals surface area contributed by atoms with Crippen LogP contribution in [0.25, 0.3) is 0 Å². The molecule has 1 atom stereocenters. The van der Waals surface area contributed by atoms with Crippen molar-refractivity contribution in [2.24, 2.45) is 5.92 Å². The van der Waals surface area contributed by atoms with Gasteiger partial charge in [0.25, 0.3) is 0 Å². The molecule has 4 nitrogen and oxygen atoms in total. The predicted molar refractivity (Wildman–Crippen MR) is 84.4 cm³/mol. The zero-order valence-electron chi connectivity index (χ0n) is 13.3. The van der Waals surface area contributed by atoms with Crippen molar-refractivity contribution >= 4 is 5.91 Å². The third-order valence-corrected chi connectivity index (χ3v) is 3.40. The van der Waals surface area contributed by atoms with Crippen LogP contribution in [0.5, 0.6) is 5.75 Å². The summed E-state index contributed by atoms with van der Waals surface area (Å²) in [5.41, 5.74) is 1.16. The van der Waals surface area contributed by atoms with E-state index in [2.05, 4.69) is 5.32 Å². The van der Waals surface area contributed by atoms with Gasteiger partial charge in [0.2, 0.25) is 5.91 Å². The highest BCUT2D eigenvalue weighted by Gasteiger charge is 2.15. The summed E-state index contributed by atoms with van der Waals surface area (Å²) in [6.07, 6.45) is 1.73. The van der Waals surface area contributed by atoms with E-state index < -0.39 is 0 Å². The zero-order valence-corrected chi connectivity index (χ0v) is 13.3. The SMILES string of the molecule is Cc1cccc(OCCCC(=O)NC(CCO)C(C)C)c1. The average molecular weight is 293 g/mol. The molecule has 4 heteroatoms. The number of carbonyl (C=O) groups is 1. The second-order valence-corrected chi connectivity index (χ2v) is 5.70. The van der Waals surface area contributed by atoms with Crippen molar-refractivity contribution in [2.75, 3.05) is 13.2 Å². The lowest BCUT2D eigenvalue weighted by atomic mass is 10.0. The first-order chi connectivity index (χ1) is 10.0. The molecule has 0 bridgehead atoms. The van der Waals surface area contributed by atoms with Crippen LogP contribution in [-0.4, -0.2) is 30.3 Å². The van der Waals surface area contributed by atoms with Gasteiger partial charge in [0.1, 0.15) is 5.75 Å². The van der Waals surface area contributed by atoms with Crippen molar-refractivity contribution < 1.29 is 14.6 Å². The number of benzene rings is 1. The lowest BCUT2D eigenvalue weighted by Gasteiger charge is -2.21. The molecule has 21 heavy (non-hydrogen) atoms. The van der Waals surface area contributed by atoms with E-state index in [0.717, 1.165) is 11.3 Å². The molecule has 0 aliphatic carbocycles. The predicted octanol–water partition coefficient (Wildman–Crippen LogP) is 2.68. The van der Waals surface area contributed by atoms with Gasteiger partial charge < -0.3 is 15.2 Å². The minimum atomic E-state index is 0.0231. The Morgan fingerprint density at radius 3 is 2.76 bits per heavy atom. The molecule has 2 N–H and O–H groups in total. The fraction of sp³-hybridized carbons (Fsp3) is 0.588. The molecular weight excluding hydrogens is 266 g/mol. The van der Waals surface area contributed by atoms with E-state index in [1.165, 1.54) is 0 Å². The summed E-state index contributed by atoms with van der Waals surface area (Å²) in [6.45, 7) is 6.74. The largest absolute Gasteiger partial charge is 0.494 e. The number of hydrogen-bond donors (Lipinski definition) is 2. The Kier molecular flexibility index (Phi) is 7.83. The van der Waals surface area contributed by atoms with Crippen molar-refractivity contribution in [1.82, 2.24) is 5.32 Å². The Labute approximate surface area is 127 Å². The van der Waals surface area contributed by atoms with Gasteiger partial charge in [-0.3, -0.25) is 4.79 Å². The van der Waals surface area contributed by atoms with Gasteiger partial charge in [0.15, 0.2) is 0 Å². The van der Waals surface area contributed by atoms with E-state index in [0.29, 0.717) is 31.8 Å². The Morgan fingerprint density at radius 1 is 1.38 bits per heavy atom. The quantitative estimate of drug-likeness (QED) is 0.688. The Hall–Kier alpha value is -1.55. The van der Waals surface area contributed by atoms with Crippen LogP contribution in [-0.2, 0) is 4.79 Å². The molecule has 1 aromatic rings. The van der Waals surface area contributed by atoms with Gasteiger partial charge in [-0.05, 0) is 43.4 Å². The number of nitrogens with one attached hydrogen (secondary N) is 1. The van der Waals surface area contributed by atoms with Crippen LogP contribution in [0, 0.1) is 12.8 Å². The van der Waals surface area contributed by atoms with Gasteiger partial charge in [0, 0.05) is 19.1 Å². The molecule has 1 unspecified atom stereocenters. The van der Waals surface area contributed by atoms with Crippen LogP contribution in [0.4, 0.5) is 0 Å². The van der Waals surface area contributed by atoms with Crippen LogP contribution >= 0.6 is 0 Å². The average Bonchev–Trinajstić information content (AvgIpc) is 2.43. The topological polar surface area (TPSA) is 58.6 Å². The smallest absolute Gasteiger partial charge is 0.220 e. The molecule has 1 rings (SSSR count). The van der Waals surface area contributed by atoms with E-state index in [9.17, 15) is 4.79 Å². The maximum atomic E-state index is 11.8. The Morgan fingerprint density at radius 2 is 2.14 bits per heavy atom. The molecule has 0 aliphatic heterocycles. The molecule has 118 valence electrons. The Balaban J connectivity index is 2.24. The highest BCUT2D eigenvalue weighted by Crippen LogP contribution is 2.12. The highest BCUT2D eigenvalue weighted by atomic mass is 16.5. The van der Waals surface area contributed by atoms with Crippen molar-refractivity contribution in [1.29, 1.82) is 0 Å². The summed E-state index contributed by atoms with van der Waals surface area (Å²) in [5, 5.41) is 12.0. The molecule has 0 spiro atoms. The summed E-state index contributed by atoms with van der Waals surface area (Å²) in [5.74, 6) is 1.19. The highest BCUT2D eigenvalue weighted by molar-refractivity contribution is 5.76. The fourth-order valence-corrected chi connectivity index (χ4v) is 2.12. The first kappa shape index (κ1) is 17.5. The first-order valence-electron chi connectivity index (χ1n) is 7.62. The monoisotopic (exact) mass is 293 g/mol. The van der Waals surface area contributed by atoms with E-state index in [4.69, 9.17) is 9.84 Å². The number of carbonyl (C=O) groups excluding carboxylic acids is 1. The molecule has 0 saturated heterocycles. The molecule has 0 fully saturated rings. The normalized spacial score (nSPS) is 12.2. The minimum absolute atomic E-state index is 0.0231. The van der Waals surface area contributed by atoms with Gasteiger partial charge in [0.05, 0.1) is 6.61 Å². The number of aliphatic hydroxyl groups is 1. The summed E-state index contributed by atoms with van der Waals surface area (Å²) in [4.78, 5) is 11.8. The summed E-state index contributed by atoms with van der Waals surface area (Å²) in [7, 11) is 0. The second kappa shape index (κ2) is 9.40. The molecule has 0 radical (unpaired) electrons. The maximum Gasteiger partial charge on any atom is 0.220 e. The first-order valence-corrected chi connectivity index (χ1v) is 7.62. The zero-order chi connectivity index (χ0) is 15.7. The standard InChI is InChI=1S/C17H27NO3/c1-13(2)16(9-10-19)18-17(20)8-5-11-21-15-7-4-6-14(3)12-15/h4,6-7,12-13,16,19H,5,8-11H2,1-3H3,(H,18,20). The number of rotatable bonds is 9. The van der Waals surface area contributed by atoms with Gasteiger partial charge in [-0.2, -0.15) is 0 Å². The van der Waals surface area contributed by atoms with Gasteiger partial charge in [-0.1, -0.05) is 26.0 Å². The van der Waals surface area contributed by atoms with Gasteiger partial charge >= 0.3 is 0 Å². The van der Waals surface area contributed by atoms with Crippen molar-refractivity contribution in [2.45, 2.75) is 46.1 Å². The van der Waals surface area contributed by atoms with Crippen LogP contribution in [0.1, 0.15) is 38.7 Å². The van der Waals surface area contributed by atoms with Crippen LogP contribution in [0.15, 0.2) is 24.3 Å². The lowest BCUT2D eigenvalue weighted by molar-refractivity contribution is -0.122. The number of amides is 1. The summed E-state index contributed by atoms with van der Waals surface area (Å²) < 4.78 is 5.62. The van der Waals surface area contributed by atoms with Crippen molar-refractivity contribution in [3.63, 3.8) is 0 Å². The van der Waals surface area contributed by atoms with Crippen LogP contribution < -0.4 is 10.1 Å². The third-order valence-electron chi connectivity index (χ3n) is 3.40. The Bertz CT molecular complexity index is 432. The molecule has 0 saturated carbocycles. The van der Waals surface area contributed by atoms with Crippen molar-refractivity contribution in [3.8, 4) is 5.75 Å². The maximum absolute atomic E-state index is 11.8. The lowest BCUT2D eigenvalue weighted by Crippen LogP contribution is -2.39. The number of hydrogen-bond acceptors (Lipinski definition) is 3. The molecule has 1 amide bonds. The summed E-state index contributed by atoms with van der Waals surface area (Å²) >= 11 is 0. The van der Waals surface area contributed by atoms with E-state index in [-0.39, 0.29) is 18.6 Å². The second-order valence-electron chi connectivity index (χ2n) is 5.70. The van der Waals surface area contributed by atoms with Gasteiger partial charge in [-0.15, -0.1) is 0 Å². The number of aryl methyl sites for hydroxylation is 1. The molecular formula is C17H27NO3. The third kappa shape index (κ3) is 7.14. The number of ether oxygens (including phenoxy) is 1. The summed E-state index contributed by atoms with van der Waals surface area (Å²) in [6, 6.07) is 7.92. The number of aliphatic hydroxyl groups excluding tert-OH is 1. The van der Waals surface area contributed by atoms with E-state index >= 15 is 0 Å². The van der Waals surface area contributed by atoms with Crippen molar-refractivity contribution in [3.05, 3.63) is 29.8 Å². The molecule has 0 heterocycles. The minimum Gasteiger partial charge on any atom is -0.494 e. The van der Waals surface area contributed by atoms with E-state index in [1.807, 2.05) is 45.0 Å². The van der Waals surface area contributed by atoms with E-state index in [1.54, 1.807) is 0 Å². The van der Waals surface area contributed by atoms with Crippen LogP contribution in [0.2, 0.25) is 0 Å². The molecule has 0 aromatic heterocycles. The molecule has 0 aliphatic rings. The fourth-order valence-electron chi connectivity index (χ4n) is 2.12.